The predicted octanol–water partition coefficient (Wildman–Crippen LogP) is 3.52. The van der Waals surface area contributed by atoms with Crippen LogP contribution in [-0.4, -0.2) is 11.0 Å². The first-order valence-electron chi connectivity index (χ1n) is 6.51. The number of nitrogens with two attached hydrogens (primary N) is 1. The van der Waals surface area contributed by atoms with E-state index in [4.69, 9.17) is 27.3 Å². The second kappa shape index (κ2) is 6.99. The van der Waals surface area contributed by atoms with Crippen LogP contribution in [0.3, 0.4) is 0 Å². The van der Waals surface area contributed by atoms with Gasteiger partial charge in [0, 0.05) is 17.0 Å². The average Bonchev–Trinajstić information content (AvgIpc) is 2.48. The van der Waals surface area contributed by atoms with Gasteiger partial charge in [0.2, 0.25) is 0 Å². The lowest BCUT2D eigenvalue weighted by Crippen LogP contribution is -2.14. The van der Waals surface area contributed by atoms with Gasteiger partial charge in [0.25, 0.3) is 0 Å². The topological polar surface area (TPSA) is 67.8 Å². The van der Waals surface area contributed by atoms with E-state index in [9.17, 15) is 0 Å². The van der Waals surface area contributed by atoms with Crippen LogP contribution in [0.1, 0.15) is 16.7 Å². The molecule has 0 heterocycles. The van der Waals surface area contributed by atoms with E-state index in [0.717, 1.165) is 22.4 Å². The molecule has 0 spiro atoms. The lowest BCUT2D eigenvalue weighted by molar-refractivity contribution is 0.306. The normalized spacial score (nSPS) is 11.4. The van der Waals surface area contributed by atoms with Gasteiger partial charge in [-0.2, -0.15) is 0 Å². The number of benzene rings is 2. The number of aryl methyl sites for hydroxylation is 1. The van der Waals surface area contributed by atoms with E-state index in [1.54, 1.807) is 0 Å². The predicted molar refractivity (Wildman–Crippen MR) is 84.1 cm³/mol. The summed E-state index contributed by atoms with van der Waals surface area (Å²) in [5.74, 6) is 0.921. The van der Waals surface area contributed by atoms with Crippen LogP contribution in [0.4, 0.5) is 0 Å². The van der Waals surface area contributed by atoms with Crippen LogP contribution in [0.25, 0.3) is 0 Å². The molecule has 0 unspecified atom stereocenters. The van der Waals surface area contributed by atoms with Gasteiger partial charge < -0.3 is 15.7 Å². The third-order valence-corrected chi connectivity index (χ3v) is 3.39. The number of nitrogens with zero attached hydrogens (tertiary/aromatic N) is 1. The summed E-state index contributed by atoms with van der Waals surface area (Å²) < 4.78 is 5.70. The summed E-state index contributed by atoms with van der Waals surface area (Å²) in [4.78, 5) is 0. The summed E-state index contributed by atoms with van der Waals surface area (Å²) in [5, 5.41) is 12.2. The summed E-state index contributed by atoms with van der Waals surface area (Å²) in [6.45, 7) is 2.41. The molecule has 0 aliphatic rings. The van der Waals surface area contributed by atoms with Crippen molar-refractivity contribution >= 4 is 17.4 Å². The highest BCUT2D eigenvalue weighted by molar-refractivity contribution is 6.31. The molecule has 0 atom stereocenters. The van der Waals surface area contributed by atoms with E-state index < -0.39 is 0 Å². The first-order chi connectivity index (χ1) is 10.1. The number of hydrogen-bond acceptors (Lipinski definition) is 3. The lowest BCUT2D eigenvalue weighted by Gasteiger charge is -2.09. The number of ether oxygens (including phenoxy) is 1. The van der Waals surface area contributed by atoms with Crippen LogP contribution >= 0.6 is 11.6 Å². The zero-order valence-corrected chi connectivity index (χ0v) is 12.5. The molecule has 4 nitrogen and oxygen atoms in total. The summed E-state index contributed by atoms with van der Waals surface area (Å²) in [6, 6.07) is 13.3. The molecule has 21 heavy (non-hydrogen) atoms. The molecule has 0 aromatic heterocycles. The van der Waals surface area contributed by atoms with Crippen molar-refractivity contribution in [2.45, 2.75) is 20.0 Å². The second-order valence-corrected chi connectivity index (χ2v) is 5.20. The molecule has 0 aliphatic carbocycles. The number of amidine groups is 1. The summed E-state index contributed by atoms with van der Waals surface area (Å²) in [6.07, 6.45) is 0.403. The Hall–Kier alpha value is -2.20. The first-order valence-corrected chi connectivity index (χ1v) is 6.89. The lowest BCUT2D eigenvalue weighted by atomic mass is 10.1. The molecule has 0 saturated heterocycles. The van der Waals surface area contributed by atoms with Crippen molar-refractivity contribution in [3.8, 4) is 5.75 Å². The van der Waals surface area contributed by atoms with E-state index in [2.05, 4.69) is 5.16 Å². The fraction of sp³-hybridized carbons (Fsp3) is 0.188. The molecule has 0 fully saturated rings. The Bertz CT molecular complexity index is 639. The van der Waals surface area contributed by atoms with Crippen molar-refractivity contribution < 1.29 is 9.94 Å². The van der Waals surface area contributed by atoms with Crippen molar-refractivity contribution in [2.75, 3.05) is 0 Å². The van der Waals surface area contributed by atoms with Crippen LogP contribution in [0.2, 0.25) is 5.02 Å². The number of rotatable bonds is 5. The monoisotopic (exact) mass is 304 g/mol. The minimum atomic E-state index is 0.176. The smallest absolute Gasteiger partial charge is 0.143 e. The van der Waals surface area contributed by atoms with E-state index in [1.165, 1.54) is 0 Å². The number of halogens is 1. The van der Waals surface area contributed by atoms with Gasteiger partial charge in [-0.05, 0) is 36.2 Å². The van der Waals surface area contributed by atoms with E-state index in [1.807, 2.05) is 49.4 Å². The van der Waals surface area contributed by atoms with Crippen molar-refractivity contribution in [3.05, 3.63) is 64.2 Å². The fourth-order valence-corrected chi connectivity index (χ4v) is 2.17. The van der Waals surface area contributed by atoms with Gasteiger partial charge in [0.1, 0.15) is 18.2 Å². The van der Waals surface area contributed by atoms with Crippen molar-refractivity contribution in [2.24, 2.45) is 10.9 Å². The highest BCUT2D eigenvalue weighted by Gasteiger charge is 2.03. The Balaban J connectivity index is 1.97. The Morgan fingerprint density at radius 1 is 1.24 bits per heavy atom. The third kappa shape index (κ3) is 4.39. The molecule has 110 valence electrons. The Morgan fingerprint density at radius 2 is 1.95 bits per heavy atom. The van der Waals surface area contributed by atoms with Gasteiger partial charge in [0.15, 0.2) is 0 Å². The largest absolute Gasteiger partial charge is 0.489 e. The SMILES string of the molecule is Cc1ccc(COc2ccc(C/C(N)=N/O)cc2)c(Cl)c1. The van der Waals surface area contributed by atoms with Gasteiger partial charge >= 0.3 is 0 Å². The molecule has 0 saturated carbocycles. The van der Waals surface area contributed by atoms with Gasteiger partial charge in [-0.3, -0.25) is 0 Å². The van der Waals surface area contributed by atoms with Crippen LogP contribution in [0.5, 0.6) is 5.75 Å². The fourth-order valence-electron chi connectivity index (χ4n) is 1.88. The van der Waals surface area contributed by atoms with E-state index in [-0.39, 0.29) is 5.84 Å². The van der Waals surface area contributed by atoms with Gasteiger partial charge in [-0.1, -0.05) is 41.0 Å². The minimum absolute atomic E-state index is 0.176. The Morgan fingerprint density at radius 3 is 2.57 bits per heavy atom. The zero-order chi connectivity index (χ0) is 15.2. The molecule has 0 radical (unpaired) electrons. The molecule has 2 aromatic carbocycles. The summed E-state index contributed by atoms with van der Waals surface area (Å²) >= 11 is 6.16. The van der Waals surface area contributed by atoms with Crippen LogP contribution < -0.4 is 10.5 Å². The Labute approximate surface area is 128 Å². The molecule has 2 rings (SSSR count). The molecule has 0 bridgehead atoms. The van der Waals surface area contributed by atoms with Crippen molar-refractivity contribution in [1.29, 1.82) is 0 Å². The molecule has 0 amide bonds. The highest BCUT2D eigenvalue weighted by atomic mass is 35.5. The Kier molecular flexibility index (Phi) is 5.06. The minimum Gasteiger partial charge on any atom is -0.489 e. The van der Waals surface area contributed by atoms with Crippen LogP contribution in [0, 0.1) is 6.92 Å². The van der Waals surface area contributed by atoms with E-state index in [0.29, 0.717) is 18.1 Å². The maximum Gasteiger partial charge on any atom is 0.143 e. The van der Waals surface area contributed by atoms with Crippen molar-refractivity contribution in [1.82, 2.24) is 0 Å². The van der Waals surface area contributed by atoms with Crippen molar-refractivity contribution in [3.63, 3.8) is 0 Å². The summed E-state index contributed by atoms with van der Waals surface area (Å²) in [5.41, 5.74) is 8.48. The maximum atomic E-state index is 8.53. The molecular formula is C16H17ClN2O2. The van der Waals surface area contributed by atoms with E-state index >= 15 is 0 Å². The third-order valence-electron chi connectivity index (χ3n) is 3.04. The van der Waals surface area contributed by atoms with Crippen LogP contribution in [-0.2, 0) is 13.0 Å². The van der Waals surface area contributed by atoms with Gasteiger partial charge in [0.05, 0.1) is 0 Å². The molecule has 0 aliphatic heterocycles. The standard InChI is InChI=1S/C16H17ClN2O2/c1-11-2-5-13(15(17)8-11)10-21-14-6-3-12(4-7-14)9-16(18)19-20/h2-8,20H,9-10H2,1H3,(H2,18,19). The van der Waals surface area contributed by atoms with Gasteiger partial charge in [-0.25, -0.2) is 0 Å². The molecule has 2 aromatic rings. The molecular weight excluding hydrogens is 288 g/mol. The number of oxime groups is 1. The van der Waals surface area contributed by atoms with Crippen LogP contribution in [0.15, 0.2) is 47.6 Å². The second-order valence-electron chi connectivity index (χ2n) is 4.80. The number of hydrogen-bond donors (Lipinski definition) is 2. The zero-order valence-electron chi connectivity index (χ0n) is 11.7. The average molecular weight is 305 g/mol. The maximum absolute atomic E-state index is 8.53. The molecule has 5 heteroatoms. The quantitative estimate of drug-likeness (QED) is 0.384. The molecule has 3 N–H and O–H groups in total. The van der Waals surface area contributed by atoms with Gasteiger partial charge in [-0.15, -0.1) is 0 Å². The summed E-state index contributed by atoms with van der Waals surface area (Å²) in [7, 11) is 0. The highest BCUT2D eigenvalue weighted by Crippen LogP contribution is 2.20. The first kappa shape index (κ1) is 15.2.